The lowest BCUT2D eigenvalue weighted by Gasteiger charge is -2.14. The Labute approximate surface area is 176 Å². The minimum Gasteiger partial charge on any atom is -0.462 e. The lowest BCUT2D eigenvalue weighted by molar-refractivity contribution is 0.0499. The highest BCUT2D eigenvalue weighted by atomic mass is 16.5. The number of nitrogens with zero attached hydrogens (tertiary/aromatic N) is 1. The summed E-state index contributed by atoms with van der Waals surface area (Å²) in [6.07, 6.45) is 1.83. The fraction of sp³-hybridized carbons (Fsp3) is 0.231. The van der Waals surface area contributed by atoms with Crippen LogP contribution in [0.5, 0.6) is 0 Å². The van der Waals surface area contributed by atoms with Gasteiger partial charge < -0.3 is 9.72 Å². The number of aromatic amines is 1. The molecule has 0 bridgehead atoms. The van der Waals surface area contributed by atoms with Gasteiger partial charge in [0.25, 0.3) is 0 Å². The molecule has 30 heavy (non-hydrogen) atoms. The quantitative estimate of drug-likeness (QED) is 0.299. The Balaban J connectivity index is 2.00. The Morgan fingerprint density at radius 3 is 2.23 bits per heavy atom. The Kier molecular flexibility index (Phi) is 5.66. The van der Waals surface area contributed by atoms with Crippen molar-refractivity contribution in [2.24, 2.45) is 0 Å². The second-order valence-corrected chi connectivity index (χ2v) is 7.52. The number of nitrogens with one attached hydrogen (secondary N) is 1. The summed E-state index contributed by atoms with van der Waals surface area (Å²) < 4.78 is 5.60. The molecule has 4 rings (SSSR count). The molecule has 0 spiro atoms. The van der Waals surface area contributed by atoms with E-state index in [1.807, 2.05) is 62.4 Å². The molecule has 4 nitrogen and oxygen atoms in total. The van der Waals surface area contributed by atoms with Gasteiger partial charge in [-0.3, -0.25) is 0 Å². The summed E-state index contributed by atoms with van der Waals surface area (Å²) >= 11 is 0. The number of ether oxygens (including phenoxy) is 1. The summed E-state index contributed by atoms with van der Waals surface area (Å²) in [5.74, 6) is -0.309. The van der Waals surface area contributed by atoms with Crippen LogP contribution in [-0.2, 0) is 4.74 Å². The number of aryl methyl sites for hydroxylation is 2. The van der Waals surface area contributed by atoms with Crippen molar-refractivity contribution in [2.75, 3.05) is 6.61 Å². The van der Waals surface area contributed by atoms with Crippen molar-refractivity contribution in [1.29, 1.82) is 0 Å². The highest BCUT2D eigenvalue weighted by Gasteiger charge is 2.25. The highest BCUT2D eigenvalue weighted by Crippen LogP contribution is 2.39. The second-order valence-electron chi connectivity index (χ2n) is 7.52. The molecular formula is C26H26N2O2. The third-order valence-corrected chi connectivity index (χ3v) is 5.36. The van der Waals surface area contributed by atoms with E-state index in [0.717, 1.165) is 51.8 Å². The van der Waals surface area contributed by atoms with Crippen LogP contribution in [0.1, 0.15) is 41.5 Å². The summed E-state index contributed by atoms with van der Waals surface area (Å²) in [5, 5.41) is 0.966. The van der Waals surface area contributed by atoms with Gasteiger partial charge in [-0.15, -0.1) is 0 Å². The van der Waals surface area contributed by atoms with Gasteiger partial charge in [0.15, 0.2) is 0 Å². The van der Waals surface area contributed by atoms with Crippen LogP contribution in [0.15, 0.2) is 60.7 Å². The molecule has 152 valence electrons. The van der Waals surface area contributed by atoms with Crippen LogP contribution in [0.2, 0.25) is 0 Å². The lowest BCUT2D eigenvalue weighted by Crippen LogP contribution is -2.11. The third-order valence-electron chi connectivity index (χ3n) is 5.36. The number of carbonyl (C=O) groups excluding carboxylic acids is 1. The fourth-order valence-electron chi connectivity index (χ4n) is 3.90. The van der Waals surface area contributed by atoms with Crippen molar-refractivity contribution < 1.29 is 9.53 Å². The first-order valence-corrected chi connectivity index (χ1v) is 10.4. The van der Waals surface area contributed by atoms with E-state index in [4.69, 9.17) is 9.72 Å². The number of unbranched alkanes of at least 4 members (excludes halogenated alkanes) is 1. The third kappa shape index (κ3) is 3.61. The maximum Gasteiger partial charge on any atom is 0.340 e. The Bertz CT molecular complexity index is 1180. The van der Waals surface area contributed by atoms with E-state index in [9.17, 15) is 4.79 Å². The van der Waals surface area contributed by atoms with Crippen molar-refractivity contribution in [1.82, 2.24) is 9.97 Å². The van der Waals surface area contributed by atoms with Crippen molar-refractivity contribution >= 4 is 16.9 Å². The van der Waals surface area contributed by atoms with Crippen LogP contribution >= 0.6 is 0 Å². The molecule has 0 aliphatic heterocycles. The number of aromatic nitrogens is 2. The standard InChI is InChI=1S/C26H26N2O2/c1-4-5-16-30-26(29)22-18(3)28-25-21(23(22)19-12-8-6-9-13-19)17(2)27-24(25)20-14-10-7-11-15-20/h6-15,27H,4-5,16H2,1-3H3. The predicted molar refractivity (Wildman–Crippen MR) is 122 cm³/mol. The fourth-order valence-corrected chi connectivity index (χ4v) is 3.90. The minimum atomic E-state index is -0.309. The van der Waals surface area contributed by atoms with Gasteiger partial charge in [0.2, 0.25) is 0 Å². The van der Waals surface area contributed by atoms with E-state index >= 15 is 0 Å². The lowest BCUT2D eigenvalue weighted by atomic mass is 9.94. The highest BCUT2D eigenvalue weighted by molar-refractivity contribution is 6.11. The van der Waals surface area contributed by atoms with Gasteiger partial charge in [-0.05, 0) is 25.8 Å². The van der Waals surface area contributed by atoms with Gasteiger partial charge >= 0.3 is 5.97 Å². The van der Waals surface area contributed by atoms with E-state index in [2.05, 4.69) is 24.0 Å². The number of rotatable bonds is 6. The monoisotopic (exact) mass is 398 g/mol. The van der Waals surface area contributed by atoms with Crippen LogP contribution < -0.4 is 0 Å². The van der Waals surface area contributed by atoms with Crippen molar-refractivity contribution in [3.05, 3.63) is 77.6 Å². The molecule has 1 N–H and O–H groups in total. The van der Waals surface area contributed by atoms with Crippen LogP contribution in [0.3, 0.4) is 0 Å². The molecule has 0 radical (unpaired) electrons. The van der Waals surface area contributed by atoms with E-state index < -0.39 is 0 Å². The molecule has 4 heteroatoms. The summed E-state index contributed by atoms with van der Waals surface area (Å²) in [6, 6.07) is 20.2. The Morgan fingerprint density at radius 2 is 1.60 bits per heavy atom. The van der Waals surface area contributed by atoms with E-state index in [1.165, 1.54) is 0 Å². The molecule has 4 aromatic rings. The molecule has 0 amide bonds. The van der Waals surface area contributed by atoms with Gasteiger partial charge in [0.05, 0.1) is 29.1 Å². The van der Waals surface area contributed by atoms with Crippen LogP contribution in [-0.4, -0.2) is 22.5 Å². The van der Waals surface area contributed by atoms with Crippen LogP contribution in [0.25, 0.3) is 33.3 Å². The first-order chi connectivity index (χ1) is 14.6. The zero-order chi connectivity index (χ0) is 21.1. The molecule has 0 saturated heterocycles. The summed E-state index contributed by atoms with van der Waals surface area (Å²) in [6.45, 7) is 6.42. The number of hydrogen-bond donors (Lipinski definition) is 1. The van der Waals surface area contributed by atoms with E-state index in [1.54, 1.807) is 0 Å². The van der Waals surface area contributed by atoms with Crippen molar-refractivity contribution in [3.8, 4) is 22.4 Å². The Hall–Kier alpha value is -3.40. The largest absolute Gasteiger partial charge is 0.462 e. The molecular weight excluding hydrogens is 372 g/mol. The van der Waals surface area contributed by atoms with Gasteiger partial charge in [-0.25, -0.2) is 9.78 Å². The summed E-state index contributed by atoms with van der Waals surface area (Å²) in [5.41, 5.74) is 6.99. The maximum atomic E-state index is 13.1. The average molecular weight is 399 g/mol. The van der Waals surface area contributed by atoms with Gasteiger partial charge in [-0.2, -0.15) is 0 Å². The summed E-state index contributed by atoms with van der Waals surface area (Å²) in [4.78, 5) is 21.5. The van der Waals surface area contributed by atoms with Gasteiger partial charge in [-0.1, -0.05) is 74.0 Å². The molecule has 0 atom stereocenters. The zero-order valence-electron chi connectivity index (χ0n) is 17.7. The molecule has 2 heterocycles. The van der Waals surface area contributed by atoms with E-state index in [0.29, 0.717) is 17.9 Å². The molecule has 0 aliphatic carbocycles. The van der Waals surface area contributed by atoms with Gasteiger partial charge in [0.1, 0.15) is 0 Å². The second kappa shape index (κ2) is 8.54. The average Bonchev–Trinajstić information content (AvgIpc) is 3.10. The SMILES string of the molecule is CCCCOC(=O)c1c(C)nc2c(-c3ccccc3)[nH]c(C)c2c1-c1ccccc1. The van der Waals surface area contributed by atoms with Crippen molar-refractivity contribution in [2.45, 2.75) is 33.6 Å². The number of esters is 1. The first-order valence-electron chi connectivity index (χ1n) is 10.4. The Morgan fingerprint density at radius 1 is 0.967 bits per heavy atom. The predicted octanol–water partition coefficient (Wildman–Crippen LogP) is 6.47. The molecule has 0 unspecified atom stereocenters. The normalized spacial score (nSPS) is 11.0. The first kappa shape index (κ1) is 19.9. The van der Waals surface area contributed by atoms with Crippen molar-refractivity contribution in [3.63, 3.8) is 0 Å². The zero-order valence-corrected chi connectivity index (χ0v) is 17.7. The molecule has 2 aromatic heterocycles. The molecule has 2 aromatic carbocycles. The molecule has 0 aliphatic rings. The maximum absolute atomic E-state index is 13.1. The molecule has 0 saturated carbocycles. The summed E-state index contributed by atoms with van der Waals surface area (Å²) in [7, 11) is 0. The number of benzene rings is 2. The minimum absolute atomic E-state index is 0.309. The number of hydrogen-bond acceptors (Lipinski definition) is 3. The van der Waals surface area contributed by atoms with Gasteiger partial charge in [0, 0.05) is 22.2 Å². The van der Waals surface area contributed by atoms with Crippen LogP contribution in [0, 0.1) is 13.8 Å². The van der Waals surface area contributed by atoms with E-state index in [-0.39, 0.29) is 5.97 Å². The number of carbonyl (C=O) groups is 1. The molecule has 0 fully saturated rings. The number of H-pyrrole nitrogens is 1. The smallest absolute Gasteiger partial charge is 0.340 e. The number of fused-ring (bicyclic) bond motifs is 1. The topological polar surface area (TPSA) is 55.0 Å². The number of pyridine rings is 1. The van der Waals surface area contributed by atoms with Crippen LogP contribution in [0.4, 0.5) is 0 Å².